The molecule has 2 heterocycles. The Morgan fingerprint density at radius 2 is 1.88 bits per heavy atom. The van der Waals surface area contributed by atoms with Crippen LogP contribution in [-0.4, -0.2) is 32.5 Å². The lowest BCUT2D eigenvalue weighted by Gasteiger charge is -2.20. The summed E-state index contributed by atoms with van der Waals surface area (Å²) >= 11 is 0. The van der Waals surface area contributed by atoms with Gasteiger partial charge in [-0.1, -0.05) is 17.3 Å². The molecule has 0 fully saturated rings. The number of aromatic nitrogens is 3. The highest BCUT2D eigenvalue weighted by molar-refractivity contribution is 5.94. The van der Waals surface area contributed by atoms with Crippen molar-refractivity contribution in [2.24, 2.45) is 0 Å². The van der Waals surface area contributed by atoms with E-state index in [4.69, 9.17) is 9.26 Å². The Hall–Kier alpha value is -3.94. The zero-order valence-electron chi connectivity index (χ0n) is 18.2. The number of hydrogen-bond acceptors (Lipinski definition) is 6. The highest BCUT2D eigenvalue weighted by Gasteiger charge is 2.17. The number of aryl methyl sites for hydroxylation is 2. The Morgan fingerprint density at radius 3 is 2.56 bits per heavy atom. The van der Waals surface area contributed by atoms with Gasteiger partial charge in [-0.2, -0.15) is 0 Å². The fraction of sp³-hybridized carbons (Fsp3) is 0.250. The van der Waals surface area contributed by atoms with E-state index in [0.717, 1.165) is 17.0 Å². The monoisotopic (exact) mass is 432 g/mol. The summed E-state index contributed by atoms with van der Waals surface area (Å²) in [6, 6.07) is 14.1. The molecule has 4 aromatic rings. The minimum atomic E-state index is -0.214. The molecule has 8 nitrogen and oxygen atoms in total. The molecule has 2 aromatic heterocycles. The summed E-state index contributed by atoms with van der Waals surface area (Å²) in [4.78, 5) is 34.2. The summed E-state index contributed by atoms with van der Waals surface area (Å²) in [6.45, 7) is 6.62. The molecule has 0 aliphatic heterocycles. The molecule has 0 aliphatic carbocycles. The molecular weight excluding hydrogens is 408 g/mol. The van der Waals surface area contributed by atoms with Gasteiger partial charge in [0.15, 0.2) is 0 Å². The van der Waals surface area contributed by atoms with Crippen molar-refractivity contribution in [3.63, 3.8) is 0 Å². The molecule has 0 saturated carbocycles. The van der Waals surface area contributed by atoms with Crippen molar-refractivity contribution in [3.05, 3.63) is 87.3 Å². The van der Waals surface area contributed by atoms with E-state index in [0.29, 0.717) is 41.2 Å². The van der Waals surface area contributed by atoms with E-state index in [9.17, 15) is 9.59 Å². The van der Waals surface area contributed by atoms with Crippen LogP contribution in [-0.2, 0) is 13.2 Å². The van der Waals surface area contributed by atoms with E-state index >= 15 is 0 Å². The van der Waals surface area contributed by atoms with E-state index in [1.165, 1.54) is 0 Å². The first-order valence-electron chi connectivity index (χ1n) is 10.4. The quantitative estimate of drug-likeness (QED) is 0.477. The number of carbonyl (C=O) groups excluding carboxylic acids is 1. The third-order valence-electron chi connectivity index (χ3n) is 5.34. The standard InChI is InChI=1S/C24H24N4O4/c1-4-28(13-22-25-21-8-6-5-7-19(21)23(29)26-22)24(30)17-9-11-18(12-10-17)31-14-20-15(2)27-32-16(20)3/h5-12H,4,13-14H2,1-3H3,(H,25,26,29). The van der Waals surface area contributed by atoms with Gasteiger partial charge in [-0.15, -0.1) is 0 Å². The van der Waals surface area contributed by atoms with Crippen LogP contribution in [0.5, 0.6) is 5.75 Å². The van der Waals surface area contributed by atoms with E-state index < -0.39 is 0 Å². The normalized spacial score (nSPS) is 11.0. The summed E-state index contributed by atoms with van der Waals surface area (Å²) in [5, 5.41) is 4.44. The molecule has 4 rings (SSSR count). The molecule has 0 radical (unpaired) electrons. The van der Waals surface area contributed by atoms with Crippen molar-refractivity contribution < 1.29 is 14.1 Å². The minimum Gasteiger partial charge on any atom is -0.489 e. The maximum absolute atomic E-state index is 13.0. The average molecular weight is 432 g/mol. The summed E-state index contributed by atoms with van der Waals surface area (Å²) in [6.07, 6.45) is 0. The second-order valence-electron chi connectivity index (χ2n) is 7.46. The van der Waals surface area contributed by atoms with Crippen molar-refractivity contribution >= 4 is 16.8 Å². The Balaban J connectivity index is 1.46. The number of hydrogen-bond donors (Lipinski definition) is 1. The summed E-state index contributed by atoms with van der Waals surface area (Å²) in [5.41, 5.74) is 2.63. The number of fused-ring (bicyclic) bond motifs is 1. The number of aromatic amines is 1. The van der Waals surface area contributed by atoms with Gasteiger partial charge in [-0.3, -0.25) is 9.59 Å². The van der Waals surface area contributed by atoms with Crippen LogP contribution in [0.3, 0.4) is 0 Å². The van der Waals surface area contributed by atoms with Crippen LogP contribution in [0.2, 0.25) is 0 Å². The van der Waals surface area contributed by atoms with Crippen LogP contribution < -0.4 is 10.3 Å². The number of ether oxygens (including phenoxy) is 1. The zero-order valence-corrected chi connectivity index (χ0v) is 18.2. The highest BCUT2D eigenvalue weighted by Crippen LogP contribution is 2.19. The Kier molecular flexibility index (Phi) is 6.02. The SMILES string of the molecule is CCN(Cc1nc2ccccc2c(=O)[nH]1)C(=O)c1ccc(OCc2c(C)noc2C)cc1. The third kappa shape index (κ3) is 4.39. The number of amides is 1. The molecule has 32 heavy (non-hydrogen) atoms. The maximum Gasteiger partial charge on any atom is 0.258 e. The van der Waals surface area contributed by atoms with Crippen LogP contribution >= 0.6 is 0 Å². The topological polar surface area (TPSA) is 101 Å². The molecule has 0 aliphatic rings. The highest BCUT2D eigenvalue weighted by atomic mass is 16.5. The molecule has 0 spiro atoms. The van der Waals surface area contributed by atoms with Crippen molar-refractivity contribution in [2.75, 3.05) is 6.54 Å². The number of H-pyrrole nitrogens is 1. The fourth-order valence-electron chi connectivity index (χ4n) is 3.46. The molecule has 0 bridgehead atoms. The zero-order chi connectivity index (χ0) is 22.7. The Labute approximate surface area is 184 Å². The van der Waals surface area contributed by atoms with Gasteiger partial charge in [-0.25, -0.2) is 4.98 Å². The average Bonchev–Trinajstić information content (AvgIpc) is 3.13. The second kappa shape index (κ2) is 9.05. The number of benzene rings is 2. The van der Waals surface area contributed by atoms with Gasteiger partial charge in [0.25, 0.3) is 11.5 Å². The first-order chi connectivity index (χ1) is 15.5. The third-order valence-corrected chi connectivity index (χ3v) is 5.34. The lowest BCUT2D eigenvalue weighted by molar-refractivity contribution is 0.0748. The van der Waals surface area contributed by atoms with Crippen LogP contribution in [0.1, 0.15) is 40.1 Å². The van der Waals surface area contributed by atoms with Crippen LogP contribution in [0, 0.1) is 13.8 Å². The Bertz CT molecular complexity index is 1290. The lowest BCUT2D eigenvalue weighted by atomic mass is 10.2. The summed E-state index contributed by atoms with van der Waals surface area (Å²) < 4.78 is 11.0. The van der Waals surface area contributed by atoms with Crippen LogP contribution in [0.25, 0.3) is 10.9 Å². The van der Waals surface area contributed by atoms with Gasteiger partial charge < -0.3 is 19.1 Å². The van der Waals surface area contributed by atoms with Gasteiger partial charge in [0.05, 0.1) is 28.7 Å². The van der Waals surface area contributed by atoms with Crippen molar-refractivity contribution in [2.45, 2.75) is 33.9 Å². The van der Waals surface area contributed by atoms with Gasteiger partial charge >= 0.3 is 0 Å². The first kappa shape index (κ1) is 21.3. The van der Waals surface area contributed by atoms with Gasteiger partial charge in [0.1, 0.15) is 23.9 Å². The number of rotatable bonds is 7. The van der Waals surface area contributed by atoms with Gasteiger partial charge in [0, 0.05) is 12.1 Å². The van der Waals surface area contributed by atoms with Crippen molar-refractivity contribution in [1.82, 2.24) is 20.0 Å². The molecule has 1 amide bonds. The predicted octanol–water partition coefficient (Wildman–Crippen LogP) is 3.77. The summed E-state index contributed by atoms with van der Waals surface area (Å²) in [7, 11) is 0. The Morgan fingerprint density at radius 1 is 1.12 bits per heavy atom. The number of nitrogens with zero attached hydrogens (tertiary/aromatic N) is 3. The fourth-order valence-corrected chi connectivity index (χ4v) is 3.46. The molecule has 0 unspecified atom stereocenters. The molecule has 0 saturated heterocycles. The van der Waals surface area contributed by atoms with Crippen molar-refractivity contribution in [1.29, 1.82) is 0 Å². The largest absolute Gasteiger partial charge is 0.489 e. The van der Waals surface area contributed by atoms with E-state index in [1.54, 1.807) is 47.4 Å². The smallest absolute Gasteiger partial charge is 0.258 e. The molecule has 0 atom stereocenters. The van der Waals surface area contributed by atoms with Crippen molar-refractivity contribution in [3.8, 4) is 5.75 Å². The summed E-state index contributed by atoms with van der Waals surface area (Å²) in [5.74, 6) is 1.67. The van der Waals surface area contributed by atoms with Crippen LogP contribution in [0.15, 0.2) is 57.8 Å². The molecular formula is C24H24N4O4. The van der Waals surface area contributed by atoms with E-state index in [1.807, 2.05) is 26.8 Å². The number of para-hydroxylation sites is 1. The molecule has 1 N–H and O–H groups in total. The van der Waals surface area contributed by atoms with Gasteiger partial charge in [0.2, 0.25) is 0 Å². The minimum absolute atomic E-state index is 0.152. The maximum atomic E-state index is 13.0. The molecule has 164 valence electrons. The molecule has 2 aromatic carbocycles. The van der Waals surface area contributed by atoms with Crippen LogP contribution in [0.4, 0.5) is 0 Å². The number of carbonyl (C=O) groups is 1. The number of nitrogens with one attached hydrogen (secondary N) is 1. The van der Waals surface area contributed by atoms with E-state index in [-0.39, 0.29) is 18.0 Å². The first-order valence-corrected chi connectivity index (χ1v) is 10.4. The van der Waals surface area contributed by atoms with Gasteiger partial charge in [-0.05, 0) is 57.2 Å². The lowest BCUT2D eigenvalue weighted by Crippen LogP contribution is -2.31. The second-order valence-corrected chi connectivity index (χ2v) is 7.46. The molecule has 8 heteroatoms. The van der Waals surface area contributed by atoms with E-state index in [2.05, 4.69) is 15.1 Å². The predicted molar refractivity (Wildman–Crippen MR) is 120 cm³/mol.